The predicted molar refractivity (Wildman–Crippen MR) is 89.2 cm³/mol. The molecular formula is C17H32N2O4. The molecule has 1 N–H and O–H groups in total. The molecule has 0 aromatic carbocycles. The van der Waals surface area contributed by atoms with E-state index in [1.807, 2.05) is 20.8 Å². The Morgan fingerprint density at radius 3 is 2.52 bits per heavy atom. The molecule has 0 radical (unpaired) electrons. The topological polar surface area (TPSA) is 67.9 Å². The summed E-state index contributed by atoms with van der Waals surface area (Å²) in [5, 5.41) is 2.95. The molecule has 0 aliphatic carbocycles. The minimum Gasteiger partial charge on any atom is -0.468 e. The van der Waals surface area contributed by atoms with Crippen molar-refractivity contribution in [1.29, 1.82) is 0 Å². The van der Waals surface area contributed by atoms with Gasteiger partial charge in [0.2, 0.25) is 0 Å². The van der Waals surface area contributed by atoms with Gasteiger partial charge in [0, 0.05) is 19.1 Å². The number of likely N-dealkylation sites (tertiary alicyclic amines) is 1. The van der Waals surface area contributed by atoms with Gasteiger partial charge in [-0.05, 0) is 39.5 Å². The zero-order valence-electron chi connectivity index (χ0n) is 15.2. The number of ether oxygens (including phenoxy) is 2. The number of carbonyl (C=O) groups excluding carboxylic acids is 2. The van der Waals surface area contributed by atoms with Gasteiger partial charge < -0.3 is 14.8 Å². The molecule has 0 spiro atoms. The van der Waals surface area contributed by atoms with E-state index in [9.17, 15) is 9.59 Å². The van der Waals surface area contributed by atoms with E-state index in [1.165, 1.54) is 7.11 Å². The maximum atomic E-state index is 12.0. The molecule has 6 heteroatoms. The van der Waals surface area contributed by atoms with Crippen molar-refractivity contribution in [2.75, 3.05) is 26.7 Å². The highest BCUT2D eigenvalue weighted by Gasteiger charge is 2.30. The number of amides is 1. The van der Waals surface area contributed by atoms with Crippen molar-refractivity contribution in [3.8, 4) is 0 Å². The summed E-state index contributed by atoms with van der Waals surface area (Å²) in [6.45, 7) is 9.51. The SMILES string of the molecule is CCCCC1CC(NC(=O)OC(C)(C)C)CN(CC(=O)OC)C1. The molecule has 1 aliphatic heterocycles. The van der Waals surface area contributed by atoms with Crippen LogP contribution in [-0.4, -0.2) is 55.3 Å². The van der Waals surface area contributed by atoms with Crippen LogP contribution in [0.4, 0.5) is 4.79 Å². The number of hydrogen-bond donors (Lipinski definition) is 1. The van der Waals surface area contributed by atoms with E-state index in [4.69, 9.17) is 9.47 Å². The van der Waals surface area contributed by atoms with E-state index < -0.39 is 11.7 Å². The highest BCUT2D eigenvalue weighted by molar-refractivity contribution is 5.71. The summed E-state index contributed by atoms with van der Waals surface area (Å²) in [4.78, 5) is 25.6. The molecule has 134 valence electrons. The monoisotopic (exact) mass is 328 g/mol. The highest BCUT2D eigenvalue weighted by atomic mass is 16.6. The number of carbonyl (C=O) groups is 2. The van der Waals surface area contributed by atoms with Crippen LogP contribution in [0.1, 0.15) is 53.4 Å². The van der Waals surface area contributed by atoms with Crippen LogP contribution in [0.25, 0.3) is 0 Å². The van der Waals surface area contributed by atoms with Gasteiger partial charge in [-0.2, -0.15) is 0 Å². The molecule has 23 heavy (non-hydrogen) atoms. The van der Waals surface area contributed by atoms with Gasteiger partial charge >= 0.3 is 12.1 Å². The second-order valence-corrected chi connectivity index (χ2v) is 7.36. The number of nitrogens with one attached hydrogen (secondary N) is 1. The van der Waals surface area contributed by atoms with Crippen molar-refractivity contribution in [2.24, 2.45) is 5.92 Å². The van der Waals surface area contributed by atoms with Crippen molar-refractivity contribution >= 4 is 12.1 Å². The first-order valence-corrected chi connectivity index (χ1v) is 8.52. The number of alkyl carbamates (subject to hydrolysis) is 1. The summed E-state index contributed by atoms with van der Waals surface area (Å²) in [6, 6.07) is 0.00473. The Hall–Kier alpha value is -1.30. The van der Waals surface area contributed by atoms with E-state index in [0.717, 1.165) is 32.2 Å². The van der Waals surface area contributed by atoms with E-state index in [-0.39, 0.29) is 18.6 Å². The zero-order valence-corrected chi connectivity index (χ0v) is 15.2. The number of esters is 1. The Morgan fingerprint density at radius 1 is 1.26 bits per heavy atom. The molecule has 0 saturated carbocycles. The average Bonchev–Trinajstić information content (AvgIpc) is 2.42. The normalized spacial score (nSPS) is 22.5. The van der Waals surface area contributed by atoms with Gasteiger partial charge in [-0.25, -0.2) is 4.79 Å². The number of unbranched alkanes of at least 4 members (excludes halogenated alkanes) is 1. The molecule has 0 aromatic rings. The molecule has 1 aliphatic rings. The van der Waals surface area contributed by atoms with Crippen LogP contribution >= 0.6 is 0 Å². The molecule has 0 aromatic heterocycles. The standard InChI is InChI=1S/C17H32N2O4/c1-6-7-8-13-9-14(18-16(21)23-17(2,3)4)11-19(10-13)12-15(20)22-5/h13-14H,6-12H2,1-5H3,(H,18,21). The van der Waals surface area contributed by atoms with E-state index in [0.29, 0.717) is 12.5 Å². The largest absolute Gasteiger partial charge is 0.468 e. The Labute approximate surface area is 139 Å². The maximum Gasteiger partial charge on any atom is 0.407 e. The third-order valence-corrected chi connectivity index (χ3v) is 3.88. The molecular weight excluding hydrogens is 296 g/mol. The summed E-state index contributed by atoms with van der Waals surface area (Å²) < 4.78 is 10.1. The minimum absolute atomic E-state index is 0.00473. The number of hydrogen-bond acceptors (Lipinski definition) is 5. The summed E-state index contributed by atoms with van der Waals surface area (Å²) in [5.74, 6) is 0.241. The fourth-order valence-corrected chi connectivity index (χ4v) is 2.96. The lowest BCUT2D eigenvalue weighted by atomic mass is 9.90. The van der Waals surface area contributed by atoms with Crippen LogP contribution in [0.15, 0.2) is 0 Å². The summed E-state index contributed by atoms with van der Waals surface area (Å²) >= 11 is 0. The third-order valence-electron chi connectivity index (χ3n) is 3.88. The van der Waals surface area contributed by atoms with Crippen LogP contribution in [0.2, 0.25) is 0 Å². The van der Waals surface area contributed by atoms with Crippen LogP contribution in [0.3, 0.4) is 0 Å². The first kappa shape index (κ1) is 19.7. The Kier molecular flexibility index (Phi) is 7.82. The average molecular weight is 328 g/mol. The van der Waals surface area contributed by atoms with Crippen molar-refractivity contribution in [2.45, 2.75) is 65.0 Å². The summed E-state index contributed by atoms with van der Waals surface area (Å²) in [5.41, 5.74) is -0.508. The van der Waals surface area contributed by atoms with Gasteiger partial charge in [0.25, 0.3) is 0 Å². The molecule has 6 nitrogen and oxygen atoms in total. The summed E-state index contributed by atoms with van der Waals surface area (Å²) in [6.07, 6.45) is 3.96. The second-order valence-electron chi connectivity index (χ2n) is 7.36. The van der Waals surface area contributed by atoms with E-state index in [2.05, 4.69) is 17.1 Å². The van der Waals surface area contributed by atoms with Gasteiger partial charge in [0.15, 0.2) is 0 Å². The first-order valence-electron chi connectivity index (χ1n) is 8.52. The number of piperidine rings is 1. The molecule has 1 rings (SSSR count). The van der Waals surface area contributed by atoms with E-state index in [1.54, 1.807) is 0 Å². The third kappa shape index (κ3) is 8.21. The van der Waals surface area contributed by atoms with Crippen molar-refractivity contribution < 1.29 is 19.1 Å². The smallest absolute Gasteiger partial charge is 0.407 e. The molecule has 2 atom stereocenters. The number of methoxy groups -OCH3 is 1. The Balaban J connectivity index is 2.61. The van der Waals surface area contributed by atoms with Gasteiger partial charge in [-0.15, -0.1) is 0 Å². The summed E-state index contributed by atoms with van der Waals surface area (Å²) in [7, 11) is 1.40. The zero-order chi connectivity index (χ0) is 17.5. The van der Waals surface area contributed by atoms with Crippen LogP contribution in [0.5, 0.6) is 0 Å². The quantitative estimate of drug-likeness (QED) is 0.759. The molecule has 1 heterocycles. The van der Waals surface area contributed by atoms with Crippen LogP contribution in [-0.2, 0) is 14.3 Å². The van der Waals surface area contributed by atoms with Gasteiger partial charge in [0.1, 0.15) is 5.60 Å². The lowest BCUT2D eigenvalue weighted by molar-refractivity contribution is -0.142. The fourth-order valence-electron chi connectivity index (χ4n) is 2.96. The second kappa shape index (κ2) is 9.11. The van der Waals surface area contributed by atoms with Crippen molar-refractivity contribution in [3.63, 3.8) is 0 Å². The lowest BCUT2D eigenvalue weighted by Gasteiger charge is -2.37. The van der Waals surface area contributed by atoms with Crippen molar-refractivity contribution in [1.82, 2.24) is 10.2 Å². The van der Waals surface area contributed by atoms with Crippen LogP contribution < -0.4 is 5.32 Å². The number of nitrogens with zero attached hydrogens (tertiary/aromatic N) is 1. The molecule has 1 saturated heterocycles. The van der Waals surface area contributed by atoms with Crippen LogP contribution in [0, 0.1) is 5.92 Å². The fraction of sp³-hybridized carbons (Fsp3) is 0.882. The van der Waals surface area contributed by atoms with Gasteiger partial charge in [0.05, 0.1) is 13.7 Å². The molecule has 1 amide bonds. The Morgan fingerprint density at radius 2 is 1.96 bits per heavy atom. The first-order chi connectivity index (χ1) is 10.7. The highest BCUT2D eigenvalue weighted by Crippen LogP contribution is 2.22. The van der Waals surface area contributed by atoms with Gasteiger partial charge in [-0.3, -0.25) is 9.69 Å². The molecule has 0 bridgehead atoms. The lowest BCUT2D eigenvalue weighted by Crippen LogP contribution is -2.52. The van der Waals surface area contributed by atoms with E-state index >= 15 is 0 Å². The van der Waals surface area contributed by atoms with Crippen molar-refractivity contribution in [3.05, 3.63) is 0 Å². The van der Waals surface area contributed by atoms with Gasteiger partial charge in [-0.1, -0.05) is 19.8 Å². The number of rotatable bonds is 6. The molecule has 1 fully saturated rings. The predicted octanol–water partition coefficient (Wildman–Crippen LogP) is 2.56. The minimum atomic E-state index is -0.508. The Bertz CT molecular complexity index is 393. The maximum absolute atomic E-state index is 12.0. The molecule has 2 unspecified atom stereocenters.